The number of aromatic nitrogens is 2. The summed E-state index contributed by atoms with van der Waals surface area (Å²) >= 11 is 0. The number of nitrogens with zero attached hydrogens (tertiary/aromatic N) is 1. The summed E-state index contributed by atoms with van der Waals surface area (Å²) in [6.07, 6.45) is 4.71. The predicted molar refractivity (Wildman–Crippen MR) is 66.4 cm³/mol. The normalized spacial score (nSPS) is 10.3. The van der Waals surface area contributed by atoms with Gasteiger partial charge < -0.3 is 9.72 Å². The van der Waals surface area contributed by atoms with E-state index in [1.165, 1.54) is 23.8 Å². The minimum atomic E-state index is -0.373. The highest BCUT2D eigenvalue weighted by molar-refractivity contribution is 5.65. The molecule has 0 spiro atoms. The average molecular weight is 254 g/mol. The Morgan fingerprint density at radius 1 is 1.28 bits per heavy atom. The highest BCUT2D eigenvalue weighted by Crippen LogP contribution is 2.00. The van der Waals surface area contributed by atoms with Gasteiger partial charge in [0.2, 0.25) is 0 Å². The minimum Gasteiger partial charge on any atom is -0.466 e. The van der Waals surface area contributed by atoms with Crippen molar-refractivity contribution in [1.29, 1.82) is 0 Å². The van der Waals surface area contributed by atoms with Crippen molar-refractivity contribution >= 4 is 5.97 Å². The minimum absolute atomic E-state index is 0.266. The summed E-state index contributed by atoms with van der Waals surface area (Å²) in [7, 11) is 0. The largest absolute Gasteiger partial charge is 0.466 e. The number of esters is 1. The summed E-state index contributed by atoms with van der Waals surface area (Å²) in [5.74, 6) is -0.266. The summed E-state index contributed by atoms with van der Waals surface area (Å²) in [5.41, 5.74) is -0.652. The molecule has 0 fully saturated rings. The molecule has 1 aromatic rings. The van der Waals surface area contributed by atoms with Gasteiger partial charge in [-0.15, -0.1) is 0 Å². The molecule has 0 unspecified atom stereocenters. The van der Waals surface area contributed by atoms with Crippen LogP contribution in [0, 0.1) is 0 Å². The van der Waals surface area contributed by atoms with Gasteiger partial charge >= 0.3 is 11.7 Å². The standard InChI is InChI=1S/C12H18N2O4/c1-10(15)18-9-5-3-2-4-8-14-11(16)6-7-13-12(14)17/h6-7H,2-5,8-9H2,1H3,(H,13,17). The van der Waals surface area contributed by atoms with E-state index in [-0.39, 0.29) is 17.2 Å². The van der Waals surface area contributed by atoms with E-state index in [1.807, 2.05) is 0 Å². The van der Waals surface area contributed by atoms with E-state index in [9.17, 15) is 14.4 Å². The number of nitrogens with one attached hydrogen (secondary N) is 1. The van der Waals surface area contributed by atoms with E-state index >= 15 is 0 Å². The third-order valence-electron chi connectivity index (χ3n) is 2.53. The molecule has 0 aromatic carbocycles. The number of hydrogen-bond donors (Lipinski definition) is 1. The Bertz CT molecular complexity index is 461. The van der Waals surface area contributed by atoms with Crippen molar-refractivity contribution in [3.8, 4) is 0 Å². The molecule has 0 aliphatic rings. The van der Waals surface area contributed by atoms with E-state index < -0.39 is 0 Å². The van der Waals surface area contributed by atoms with Crippen LogP contribution in [0.3, 0.4) is 0 Å². The van der Waals surface area contributed by atoms with Crippen molar-refractivity contribution < 1.29 is 9.53 Å². The van der Waals surface area contributed by atoms with Crippen LogP contribution in [0.15, 0.2) is 21.9 Å². The number of rotatable bonds is 7. The summed E-state index contributed by atoms with van der Waals surface area (Å²) in [4.78, 5) is 35.7. The fraction of sp³-hybridized carbons (Fsp3) is 0.583. The Morgan fingerprint density at radius 3 is 2.67 bits per heavy atom. The summed E-state index contributed by atoms with van der Waals surface area (Å²) < 4.78 is 5.98. The molecule has 6 nitrogen and oxygen atoms in total. The number of ether oxygens (including phenoxy) is 1. The fourth-order valence-corrected chi connectivity index (χ4v) is 1.61. The van der Waals surface area contributed by atoms with Crippen molar-refractivity contribution in [2.24, 2.45) is 0 Å². The van der Waals surface area contributed by atoms with Crippen LogP contribution in [-0.4, -0.2) is 22.1 Å². The molecule has 0 atom stereocenters. The van der Waals surface area contributed by atoms with E-state index in [0.717, 1.165) is 25.7 Å². The number of H-pyrrole nitrogens is 1. The molecule has 18 heavy (non-hydrogen) atoms. The van der Waals surface area contributed by atoms with Gasteiger partial charge in [-0.25, -0.2) is 4.79 Å². The van der Waals surface area contributed by atoms with Crippen molar-refractivity contribution in [1.82, 2.24) is 9.55 Å². The summed E-state index contributed by atoms with van der Waals surface area (Å²) in [5, 5.41) is 0. The second-order valence-electron chi connectivity index (χ2n) is 4.03. The third-order valence-corrected chi connectivity index (χ3v) is 2.53. The molecule has 0 saturated heterocycles. The molecule has 100 valence electrons. The smallest absolute Gasteiger partial charge is 0.328 e. The lowest BCUT2D eigenvalue weighted by atomic mass is 10.2. The number of carbonyl (C=O) groups excluding carboxylic acids is 1. The van der Waals surface area contributed by atoms with Crippen molar-refractivity contribution in [2.75, 3.05) is 6.61 Å². The Labute approximate surface area is 105 Å². The molecule has 0 bridgehead atoms. The maximum Gasteiger partial charge on any atom is 0.328 e. The fourth-order valence-electron chi connectivity index (χ4n) is 1.61. The summed E-state index contributed by atoms with van der Waals surface area (Å²) in [6, 6.07) is 1.34. The molecular weight excluding hydrogens is 236 g/mol. The van der Waals surface area contributed by atoms with E-state index in [1.54, 1.807) is 0 Å². The van der Waals surface area contributed by atoms with Crippen LogP contribution < -0.4 is 11.2 Å². The first-order valence-corrected chi connectivity index (χ1v) is 6.03. The first-order valence-electron chi connectivity index (χ1n) is 6.03. The molecule has 0 saturated carbocycles. The van der Waals surface area contributed by atoms with Gasteiger partial charge in [-0.1, -0.05) is 6.42 Å². The number of unbranched alkanes of at least 4 members (excludes halogenated alkanes) is 3. The predicted octanol–water partition coefficient (Wildman–Crippen LogP) is 0.660. The van der Waals surface area contributed by atoms with Crippen LogP contribution in [0.5, 0.6) is 0 Å². The van der Waals surface area contributed by atoms with Gasteiger partial charge in [-0.2, -0.15) is 0 Å². The zero-order chi connectivity index (χ0) is 13.4. The second-order valence-corrected chi connectivity index (χ2v) is 4.03. The second kappa shape index (κ2) is 7.47. The Kier molecular flexibility index (Phi) is 5.90. The highest BCUT2D eigenvalue weighted by Gasteiger charge is 1.99. The van der Waals surface area contributed by atoms with Crippen molar-refractivity contribution in [3.63, 3.8) is 0 Å². The van der Waals surface area contributed by atoms with Gasteiger partial charge in [0.05, 0.1) is 6.61 Å². The summed E-state index contributed by atoms with van der Waals surface area (Å²) in [6.45, 7) is 2.23. The van der Waals surface area contributed by atoms with Gasteiger partial charge in [0.15, 0.2) is 0 Å². The topological polar surface area (TPSA) is 81.2 Å². The van der Waals surface area contributed by atoms with E-state index in [2.05, 4.69) is 4.98 Å². The van der Waals surface area contributed by atoms with Crippen LogP contribution in [0.2, 0.25) is 0 Å². The lowest BCUT2D eigenvalue weighted by Crippen LogP contribution is -2.33. The molecule has 6 heteroatoms. The molecule has 1 aromatic heterocycles. The first-order chi connectivity index (χ1) is 8.61. The molecule has 0 aliphatic carbocycles. The van der Waals surface area contributed by atoms with Crippen LogP contribution in [0.1, 0.15) is 32.6 Å². The van der Waals surface area contributed by atoms with E-state index in [4.69, 9.17) is 4.74 Å². The van der Waals surface area contributed by atoms with Crippen LogP contribution in [-0.2, 0) is 16.1 Å². The van der Waals surface area contributed by atoms with Gasteiger partial charge in [-0.3, -0.25) is 14.2 Å². The molecule has 1 rings (SSSR count). The van der Waals surface area contributed by atoms with Crippen molar-refractivity contribution in [3.05, 3.63) is 33.1 Å². The van der Waals surface area contributed by atoms with E-state index in [0.29, 0.717) is 13.2 Å². The molecular formula is C12H18N2O4. The van der Waals surface area contributed by atoms with Crippen LogP contribution in [0.25, 0.3) is 0 Å². The van der Waals surface area contributed by atoms with Gasteiger partial charge in [0, 0.05) is 25.7 Å². The SMILES string of the molecule is CC(=O)OCCCCCCn1c(=O)cc[nH]c1=O. The zero-order valence-electron chi connectivity index (χ0n) is 10.5. The van der Waals surface area contributed by atoms with Gasteiger partial charge in [-0.05, 0) is 19.3 Å². The maximum absolute atomic E-state index is 11.4. The highest BCUT2D eigenvalue weighted by atomic mass is 16.5. The Balaban J connectivity index is 2.20. The lowest BCUT2D eigenvalue weighted by Gasteiger charge is -2.04. The number of carbonyl (C=O) groups is 1. The average Bonchev–Trinajstić information content (AvgIpc) is 2.30. The first kappa shape index (κ1) is 14.2. The Morgan fingerprint density at radius 2 is 2.00 bits per heavy atom. The maximum atomic E-state index is 11.4. The molecule has 0 aliphatic heterocycles. The number of hydrogen-bond acceptors (Lipinski definition) is 4. The quantitative estimate of drug-likeness (QED) is 0.572. The molecule has 1 heterocycles. The molecule has 1 N–H and O–H groups in total. The lowest BCUT2D eigenvalue weighted by molar-refractivity contribution is -0.141. The number of aromatic amines is 1. The van der Waals surface area contributed by atoms with Crippen molar-refractivity contribution in [2.45, 2.75) is 39.2 Å². The zero-order valence-corrected chi connectivity index (χ0v) is 10.5. The van der Waals surface area contributed by atoms with Crippen LogP contribution >= 0.6 is 0 Å². The van der Waals surface area contributed by atoms with Crippen LogP contribution in [0.4, 0.5) is 0 Å². The molecule has 0 amide bonds. The van der Waals surface area contributed by atoms with Gasteiger partial charge in [0.25, 0.3) is 5.56 Å². The Hall–Kier alpha value is -1.85. The third kappa shape index (κ3) is 4.99. The molecule has 0 radical (unpaired) electrons. The monoisotopic (exact) mass is 254 g/mol. The van der Waals surface area contributed by atoms with Gasteiger partial charge in [0.1, 0.15) is 0 Å².